The molecule has 2 aliphatic carbocycles. The number of anilines is 1. The van der Waals surface area contributed by atoms with Crippen molar-refractivity contribution in [3.63, 3.8) is 0 Å². The zero-order chi connectivity index (χ0) is 29.8. The summed E-state index contributed by atoms with van der Waals surface area (Å²) in [4.78, 5) is 21.9. The Bertz CT molecular complexity index is 1530. The second kappa shape index (κ2) is 12.9. The van der Waals surface area contributed by atoms with Crippen molar-refractivity contribution in [1.29, 1.82) is 0 Å². The zero-order valence-electron chi connectivity index (χ0n) is 25.2. The van der Waals surface area contributed by atoms with Gasteiger partial charge in [-0.1, -0.05) is 31.9 Å². The third-order valence-electron chi connectivity index (χ3n) is 8.89. The summed E-state index contributed by atoms with van der Waals surface area (Å²) < 4.78 is 17.2. The van der Waals surface area contributed by atoms with Crippen LogP contribution in [0.15, 0.2) is 59.3 Å². The fourth-order valence-electron chi connectivity index (χ4n) is 6.57. The van der Waals surface area contributed by atoms with Crippen LogP contribution in [0.5, 0.6) is 11.5 Å². The van der Waals surface area contributed by atoms with Crippen LogP contribution in [0, 0.1) is 5.92 Å². The number of urea groups is 1. The van der Waals surface area contributed by atoms with Crippen molar-refractivity contribution in [1.82, 2.24) is 20.6 Å². The van der Waals surface area contributed by atoms with E-state index in [1.54, 1.807) is 20.5 Å². The van der Waals surface area contributed by atoms with Crippen molar-refractivity contribution in [3.05, 3.63) is 54.9 Å². The molecule has 2 atom stereocenters. The smallest absolute Gasteiger partial charge is 0.315 e. The molecule has 0 radical (unpaired) electrons. The van der Waals surface area contributed by atoms with Gasteiger partial charge in [-0.15, -0.1) is 0 Å². The number of ether oxygens (including phenoxy) is 2. The van der Waals surface area contributed by atoms with Crippen LogP contribution in [0.25, 0.3) is 33.6 Å². The highest BCUT2D eigenvalue weighted by molar-refractivity contribution is 6.06. The number of nitrogens with zero attached hydrogens (tertiary/aromatic N) is 2. The Balaban J connectivity index is 1.20. The summed E-state index contributed by atoms with van der Waals surface area (Å²) >= 11 is 0. The maximum atomic E-state index is 12.7. The second-order valence-corrected chi connectivity index (χ2v) is 11.9. The minimum Gasteiger partial charge on any atom is -0.497 e. The topological polar surface area (TPSA) is 111 Å². The van der Waals surface area contributed by atoms with Gasteiger partial charge in [-0.25, -0.2) is 14.8 Å². The van der Waals surface area contributed by atoms with E-state index < -0.39 is 0 Å². The summed E-state index contributed by atoms with van der Waals surface area (Å²) in [5.41, 5.74) is 3.35. The van der Waals surface area contributed by atoms with Crippen molar-refractivity contribution >= 4 is 22.9 Å². The molecule has 2 amide bonds. The molecule has 0 aliphatic heterocycles. The van der Waals surface area contributed by atoms with Crippen molar-refractivity contribution in [3.8, 4) is 33.9 Å². The molecule has 2 aromatic heterocycles. The van der Waals surface area contributed by atoms with Crippen LogP contribution in [0.1, 0.15) is 58.3 Å². The molecule has 226 valence electrons. The first-order valence-corrected chi connectivity index (χ1v) is 15.4. The van der Waals surface area contributed by atoms with Gasteiger partial charge in [0.2, 0.25) is 5.71 Å². The number of nitrogens with one attached hydrogen (secondary N) is 3. The minimum atomic E-state index is -0.0263. The highest BCUT2D eigenvalue weighted by Crippen LogP contribution is 2.43. The largest absolute Gasteiger partial charge is 0.497 e. The highest BCUT2D eigenvalue weighted by atomic mass is 16.5. The first-order valence-electron chi connectivity index (χ1n) is 15.4. The number of amides is 2. The van der Waals surface area contributed by atoms with Gasteiger partial charge in [0.1, 0.15) is 29.4 Å². The first kappa shape index (κ1) is 28.8. The molecule has 6 rings (SSSR count). The summed E-state index contributed by atoms with van der Waals surface area (Å²) in [7, 11) is 3.32. The molecule has 0 bridgehead atoms. The van der Waals surface area contributed by atoms with Crippen LogP contribution < -0.4 is 25.4 Å². The molecule has 4 aromatic rings. The van der Waals surface area contributed by atoms with Crippen molar-refractivity contribution < 1.29 is 18.7 Å². The number of aromatic nitrogens is 2. The van der Waals surface area contributed by atoms with E-state index in [1.807, 2.05) is 48.5 Å². The Hall–Kier alpha value is -4.27. The predicted octanol–water partition coefficient (Wildman–Crippen LogP) is 7.18. The third kappa shape index (κ3) is 6.55. The number of carbonyl (C=O) groups excluding carboxylic acids is 1. The number of methoxy groups -OCH3 is 2. The van der Waals surface area contributed by atoms with Crippen LogP contribution in [0.2, 0.25) is 0 Å². The van der Waals surface area contributed by atoms with Gasteiger partial charge in [0.25, 0.3) is 0 Å². The van der Waals surface area contributed by atoms with Gasteiger partial charge in [0.05, 0.1) is 19.6 Å². The monoisotopic (exact) mass is 583 g/mol. The molecule has 0 saturated heterocycles. The molecule has 2 unspecified atom stereocenters. The fraction of sp³-hybridized carbons (Fsp3) is 0.441. The third-order valence-corrected chi connectivity index (χ3v) is 8.89. The number of furan rings is 1. The zero-order valence-corrected chi connectivity index (χ0v) is 25.2. The standard InChI is InChI=1S/C34H41N5O4/c1-21-5-4-6-26(19-21)39-34(40)38-25-13-11-24(12-14-25)37-32-30-29(22-7-15-27(41-2)16-8-22)31(43-33(30)36-20-35-32)23-9-17-28(42-3)18-10-23/h7-10,15-18,20-21,24-26H,4-6,11-14,19H2,1-3H3,(H,35,36,37)(H2,38,39,40)/t21?,24-,25-,26?. The molecular weight excluding hydrogens is 542 g/mol. The van der Waals surface area contributed by atoms with E-state index >= 15 is 0 Å². The first-order chi connectivity index (χ1) is 21.0. The average molecular weight is 584 g/mol. The fourth-order valence-corrected chi connectivity index (χ4v) is 6.57. The van der Waals surface area contributed by atoms with E-state index in [0.29, 0.717) is 17.7 Å². The molecule has 2 saturated carbocycles. The molecule has 2 fully saturated rings. The number of hydrogen-bond donors (Lipinski definition) is 3. The molecule has 2 aromatic carbocycles. The van der Waals surface area contributed by atoms with Crippen LogP contribution in [0.3, 0.4) is 0 Å². The van der Waals surface area contributed by atoms with Crippen molar-refractivity contribution in [2.45, 2.75) is 76.4 Å². The lowest BCUT2D eigenvalue weighted by Crippen LogP contribution is -2.48. The Kier molecular flexibility index (Phi) is 8.67. The molecule has 2 heterocycles. The van der Waals surface area contributed by atoms with Gasteiger partial charge in [-0.05, 0) is 86.4 Å². The lowest BCUT2D eigenvalue weighted by Gasteiger charge is -2.32. The van der Waals surface area contributed by atoms with Crippen LogP contribution in [-0.4, -0.2) is 48.3 Å². The SMILES string of the molecule is COc1ccc(-c2oc3ncnc(N[C@H]4CC[C@H](NC(=O)NC5CCCC(C)C5)CC4)c3c2-c2ccc(OC)cc2)cc1. The summed E-state index contributed by atoms with van der Waals surface area (Å²) in [5, 5.41) is 11.0. The number of benzene rings is 2. The van der Waals surface area contributed by atoms with Gasteiger partial charge in [0, 0.05) is 29.3 Å². The van der Waals surface area contributed by atoms with Gasteiger partial charge in [0.15, 0.2) is 0 Å². The molecule has 3 N–H and O–H groups in total. The van der Waals surface area contributed by atoms with Crippen LogP contribution >= 0.6 is 0 Å². The van der Waals surface area contributed by atoms with Crippen molar-refractivity contribution in [2.75, 3.05) is 19.5 Å². The van der Waals surface area contributed by atoms with Gasteiger partial charge < -0.3 is 29.8 Å². The number of fused-ring (bicyclic) bond motifs is 1. The van der Waals surface area contributed by atoms with Crippen LogP contribution in [0.4, 0.5) is 10.6 Å². The normalized spacial score (nSPS) is 22.1. The Morgan fingerprint density at radius 2 is 1.42 bits per heavy atom. The Morgan fingerprint density at radius 1 is 0.791 bits per heavy atom. The summed E-state index contributed by atoms with van der Waals surface area (Å²) in [6.07, 6.45) is 9.83. The maximum absolute atomic E-state index is 12.7. The summed E-state index contributed by atoms with van der Waals surface area (Å²) in [6, 6.07) is 16.4. The molecule has 9 heteroatoms. The summed E-state index contributed by atoms with van der Waals surface area (Å²) in [5.74, 6) is 3.71. The summed E-state index contributed by atoms with van der Waals surface area (Å²) in [6.45, 7) is 2.27. The lowest BCUT2D eigenvalue weighted by atomic mass is 9.87. The van der Waals surface area contributed by atoms with Crippen molar-refractivity contribution in [2.24, 2.45) is 5.92 Å². The van der Waals surface area contributed by atoms with Crippen LogP contribution in [-0.2, 0) is 0 Å². The molecule has 9 nitrogen and oxygen atoms in total. The van der Waals surface area contributed by atoms with E-state index in [2.05, 4.69) is 32.8 Å². The number of hydrogen-bond acceptors (Lipinski definition) is 7. The quantitative estimate of drug-likeness (QED) is 0.202. The lowest BCUT2D eigenvalue weighted by molar-refractivity contribution is 0.219. The maximum Gasteiger partial charge on any atom is 0.315 e. The van der Waals surface area contributed by atoms with E-state index in [-0.39, 0.29) is 18.1 Å². The molecule has 43 heavy (non-hydrogen) atoms. The Morgan fingerprint density at radius 3 is 2.07 bits per heavy atom. The minimum absolute atomic E-state index is 0.0263. The predicted molar refractivity (Wildman–Crippen MR) is 169 cm³/mol. The van der Waals surface area contributed by atoms with E-state index in [0.717, 1.165) is 83.7 Å². The van der Waals surface area contributed by atoms with Gasteiger partial charge in [-0.3, -0.25) is 0 Å². The molecular formula is C34H41N5O4. The van der Waals surface area contributed by atoms with Gasteiger partial charge in [-0.2, -0.15) is 0 Å². The second-order valence-electron chi connectivity index (χ2n) is 11.9. The van der Waals surface area contributed by atoms with E-state index in [1.165, 1.54) is 12.8 Å². The van der Waals surface area contributed by atoms with E-state index in [9.17, 15) is 4.79 Å². The number of rotatable bonds is 8. The molecule has 2 aliphatic rings. The Labute approximate surface area is 252 Å². The average Bonchev–Trinajstić information content (AvgIpc) is 3.43. The highest BCUT2D eigenvalue weighted by Gasteiger charge is 2.27. The van der Waals surface area contributed by atoms with Gasteiger partial charge >= 0.3 is 6.03 Å². The molecule has 0 spiro atoms. The number of carbonyl (C=O) groups is 1. The van der Waals surface area contributed by atoms with E-state index in [4.69, 9.17) is 13.9 Å².